The molecule has 0 bridgehead atoms. The number of nitro groups is 1. The maximum atomic E-state index is 10.6. The number of nitrogens with one attached hydrogen (secondary N) is 1. The Morgan fingerprint density at radius 1 is 1.39 bits per heavy atom. The molecule has 0 saturated carbocycles. The number of hydrogen-bond donors (Lipinski definition) is 2. The zero-order chi connectivity index (χ0) is 13.1. The lowest BCUT2D eigenvalue weighted by Gasteiger charge is -2.06. The van der Waals surface area contributed by atoms with E-state index in [9.17, 15) is 10.1 Å². The van der Waals surface area contributed by atoms with Crippen LogP contribution in [-0.2, 0) is 0 Å². The number of aryl methyl sites for hydroxylation is 1. The monoisotopic (exact) mass is 245 g/mol. The van der Waals surface area contributed by atoms with Crippen molar-refractivity contribution in [1.82, 2.24) is 9.97 Å². The van der Waals surface area contributed by atoms with Gasteiger partial charge in [-0.15, -0.1) is 0 Å². The van der Waals surface area contributed by atoms with Crippen molar-refractivity contribution in [2.45, 2.75) is 6.92 Å². The Morgan fingerprint density at radius 3 is 2.78 bits per heavy atom. The van der Waals surface area contributed by atoms with Gasteiger partial charge in [0.1, 0.15) is 5.82 Å². The minimum Gasteiger partial charge on any atom is -0.378 e. The van der Waals surface area contributed by atoms with E-state index in [2.05, 4.69) is 15.3 Å². The third kappa shape index (κ3) is 2.51. The molecule has 0 aliphatic heterocycles. The molecule has 0 fully saturated rings. The van der Waals surface area contributed by atoms with E-state index in [1.807, 2.05) is 13.0 Å². The highest BCUT2D eigenvalue weighted by Crippen LogP contribution is 2.22. The fourth-order valence-corrected chi connectivity index (χ4v) is 1.46. The van der Waals surface area contributed by atoms with E-state index in [0.29, 0.717) is 5.82 Å². The lowest BCUT2D eigenvalue weighted by Crippen LogP contribution is -2.01. The highest BCUT2D eigenvalue weighted by atomic mass is 16.6. The lowest BCUT2D eigenvalue weighted by atomic mass is 10.3. The second kappa shape index (κ2) is 4.66. The number of anilines is 3. The quantitative estimate of drug-likeness (QED) is 0.632. The molecule has 92 valence electrons. The van der Waals surface area contributed by atoms with Gasteiger partial charge in [-0.2, -0.15) is 0 Å². The minimum atomic E-state index is -0.567. The molecule has 2 aromatic heterocycles. The first-order valence-corrected chi connectivity index (χ1v) is 5.17. The molecular formula is C11H11N5O2. The molecule has 3 N–H and O–H groups in total. The largest absolute Gasteiger partial charge is 0.378 e. The molecule has 7 nitrogen and oxygen atoms in total. The van der Waals surface area contributed by atoms with Crippen LogP contribution in [0.3, 0.4) is 0 Å². The maximum Gasteiger partial charge on any atom is 0.311 e. The zero-order valence-electron chi connectivity index (χ0n) is 9.62. The predicted molar refractivity (Wildman–Crippen MR) is 67.6 cm³/mol. The van der Waals surface area contributed by atoms with Crippen molar-refractivity contribution in [3.63, 3.8) is 0 Å². The summed E-state index contributed by atoms with van der Waals surface area (Å²) in [5.74, 6) is 0.333. The van der Waals surface area contributed by atoms with Crippen molar-refractivity contribution < 1.29 is 4.92 Å². The molecular weight excluding hydrogens is 234 g/mol. The van der Waals surface area contributed by atoms with E-state index in [0.717, 1.165) is 11.4 Å². The Balaban J connectivity index is 2.25. The number of nitrogens with two attached hydrogens (primary N) is 1. The van der Waals surface area contributed by atoms with E-state index in [1.165, 1.54) is 12.1 Å². The highest BCUT2D eigenvalue weighted by Gasteiger charge is 2.12. The summed E-state index contributed by atoms with van der Waals surface area (Å²) in [6, 6.07) is 6.43. The van der Waals surface area contributed by atoms with Crippen molar-refractivity contribution in [1.29, 1.82) is 0 Å². The number of nitrogens with zero attached hydrogens (tertiary/aromatic N) is 3. The van der Waals surface area contributed by atoms with Crippen molar-refractivity contribution in [2.75, 3.05) is 11.1 Å². The predicted octanol–water partition coefficient (Wildman–Crippen LogP) is 2.02. The van der Waals surface area contributed by atoms with Gasteiger partial charge in [-0.05, 0) is 25.1 Å². The van der Waals surface area contributed by atoms with Gasteiger partial charge in [0, 0.05) is 23.6 Å². The van der Waals surface area contributed by atoms with Gasteiger partial charge < -0.3 is 11.1 Å². The van der Waals surface area contributed by atoms with Gasteiger partial charge in [0.25, 0.3) is 0 Å². The van der Waals surface area contributed by atoms with Gasteiger partial charge in [0.2, 0.25) is 5.82 Å². The van der Waals surface area contributed by atoms with Gasteiger partial charge in [0.15, 0.2) is 0 Å². The average molecular weight is 245 g/mol. The van der Waals surface area contributed by atoms with E-state index in [4.69, 9.17) is 5.73 Å². The molecule has 2 rings (SSSR count). The molecule has 0 radical (unpaired) electrons. The third-order valence-electron chi connectivity index (χ3n) is 2.27. The molecule has 7 heteroatoms. The van der Waals surface area contributed by atoms with Crippen LogP contribution in [0.15, 0.2) is 30.5 Å². The van der Waals surface area contributed by atoms with E-state index in [-0.39, 0.29) is 11.5 Å². The summed E-state index contributed by atoms with van der Waals surface area (Å²) in [6.45, 7) is 1.86. The molecule has 0 spiro atoms. The number of nitrogen functional groups attached to an aromatic ring is 1. The summed E-state index contributed by atoms with van der Waals surface area (Å²) in [5, 5.41) is 13.6. The normalized spacial score (nSPS) is 10.1. The smallest absolute Gasteiger partial charge is 0.311 e. The van der Waals surface area contributed by atoms with Crippen LogP contribution in [0, 0.1) is 17.0 Å². The summed E-state index contributed by atoms with van der Waals surface area (Å²) in [5.41, 5.74) is 6.95. The highest BCUT2D eigenvalue weighted by molar-refractivity contribution is 5.62. The van der Waals surface area contributed by atoms with Crippen LogP contribution in [0.5, 0.6) is 0 Å². The summed E-state index contributed by atoms with van der Waals surface area (Å²) in [6.07, 6.45) is 1.66. The Kier molecular flexibility index (Phi) is 3.05. The second-order valence-corrected chi connectivity index (χ2v) is 3.67. The van der Waals surface area contributed by atoms with Gasteiger partial charge in [-0.3, -0.25) is 15.1 Å². The number of hydrogen-bond acceptors (Lipinski definition) is 6. The molecule has 18 heavy (non-hydrogen) atoms. The fraction of sp³-hybridized carbons (Fsp3) is 0.0909. The first-order valence-electron chi connectivity index (χ1n) is 5.17. The first-order chi connectivity index (χ1) is 8.56. The molecule has 2 heterocycles. The van der Waals surface area contributed by atoms with Crippen LogP contribution in [0.1, 0.15) is 5.69 Å². The zero-order valence-corrected chi connectivity index (χ0v) is 9.62. The Morgan fingerprint density at radius 2 is 2.17 bits per heavy atom. The average Bonchev–Trinajstić information content (AvgIpc) is 2.28. The molecule has 0 aliphatic rings. The van der Waals surface area contributed by atoms with Crippen LogP contribution < -0.4 is 11.1 Å². The molecule has 0 aromatic carbocycles. The van der Waals surface area contributed by atoms with Crippen LogP contribution in [0.25, 0.3) is 0 Å². The molecule has 2 aromatic rings. The SMILES string of the molecule is Cc1cc(Nc2ccc([N+](=O)[O-])c(N)n2)ccn1. The van der Waals surface area contributed by atoms with E-state index in [1.54, 1.807) is 12.3 Å². The molecule has 0 atom stereocenters. The van der Waals surface area contributed by atoms with Gasteiger partial charge in [-0.25, -0.2) is 4.98 Å². The summed E-state index contributed by atoms with van der Waals surface area (Å²) >= 11 is 0. The van der Waals surface area contributed by atoms with Gasteiger partial charge in [0.05, 0.1) is 4.92 Å². The number of rotatable bonds is 3. The molecule has 0 aliphatic carbocycles. The Hall–Kier alpha value is -2.70. The maximum absolute atomic E-state index is 10.6. The summed E-state index contributed by atoms with van der Waals surface area (Å²) in [7, 11) is 0. The van der Waals surface area contributed by atoms with E-state index >= 15 is 0 Å². The van der Waals surface area contributed by atoms with Gasteiger partial charge >= 0.3 is 5.69 Å². The topological polar surface area (TPSA) is 107 Å². The summed E-state index contributed by atoms with van der Waals surface area (Å²) in [4.78, 5) is 18.0. The van der Waals surface area contributed by atoms with Crippen molar-refractivity contribution >= 4 is 23.0 Å². The molecule has 0 amide bonds. The third-order valence-corrected chi connectivity index (χ3v) is 2.27. The fourth-order valence-electron chi connectivity index (χ4n) is 1.46. The first kappa shape index (κ1) is 11.8. The number of pyridine rings is 2. The Bertz CT molecular complexity index is 600. The van der Waals surface area contributed by atoms with Crippen molar-refractivity contribution in [3.05, 3.63) is 46.3 Å². The second-order valence-electron chi connectivity index (χ2n) is 3.67. The van der Waals surface area contributed by atoms with Crippen LogP contribution in [0.2, 0.25) is 0 Å². The lowest BCUT2D eigenvalue weighted by molar-refractivity contribution is -0.384. The standard InChI is InChI=1S/C11H11N5O2/c1-7-6-8(4-5-13-7)14-10-3-2-9(16(17)18)11(12)15-10/h2-6H,1H3,(H3,12,13,14,15). The van der Waals surface area contributed by atoms with Crippen molar-refractivity contribution in [2.24, 2.45) is 0 Å². The van der Waals surface area contributed by atoms with Crippen LogP contribution >= 0.6 is 0 Å². The minimum absolute atomic E-state index is 0.115. The van der Waals surface area contributed by atoms with E-state index < -0.39 is 4.92 Å². The Labute approximate surface area is 103 Å². The molecule has 0 unspecified atom stereocenters. The van der Waals surface area contributed by atoms with Gasteiger partial charge in [-0.1, -0.05) is 0 Å². The molecule has 0 saturated heterocycles. The van der Waals surface area contributed by atoms with Crippen LogP contribution in [-0.4, -0.2) is 14.9 Å². The van der Waals surface area contributed by atoms with Crippen LogP contribution in [0.4, 0.5) is 23.0 Å². The number of aromatic nitrogens is 2. The van der Waals surface area contributed by atoms with Crippen molar-refractivity contribution in [3.8, 4) is 0 Å². The summed E-state index contributed by atoms with van der Waals surface area (Å²) < 4.78 is 0.